The van der Waals surface area contributed by atoms with Gasteiger partial charge < -0.3 is 10.6 Å². The van der Waals surface area contributed by atoms with E-state index in [0.717, 1.165) is 11.1 Å². The van der Waals surface area contributed by atoms with Gasteiger partial charge in [0, 0.05) is 19.2 Å². The van der Waals surface area contributed by atoms with Crippen molar-refractivity contribution in [3.05, 3.63) is 117 Å². The van der Waals surface area contributed by atoms with Crippen molar-refractivity contribution in [2.45, 2.75) is 13.1 Å². The van der Waals surface area contributed by atoms with Crippen molar-refractivity contribution >= 4 is 23.6 Å². The summed E-state index contributed by atoms with van der Waals surface area (Å²) in [6.45, 7) is 0.444. The van der Waals surface area contributed by atoms with Crippen LogP contribution in [-0.2, 0) is 22.7 Å². The van der Waals surface area contributed by atoms with Gasteiger partial charge in [0.1, 0.15) is 5.57 Å². The summed E-state index contributed by atoms with van der Waals surface area (Å²) in [6, 6.07) is 24.5. The number of hydrogen-bond acceptors (Lipinski definition) is 4. The highest BCUT2D eigenvalue weighted by atomic mass is 16.6. The van der Waals surface area contributed by atoms with Crippen LogP contribution in [0.15, 0.2) is 90.5 Å². The van der Waals surface area contributed by atoms with Gasteiger partial charge in [0.05, 0.1) is 10.5 Å². The molecule has 0 saturated heterocycles. The van der Waals surface area contributed by atoms with E-state index in [9.17, 15) is 19.7 Å². The first-order chi connectivity index (χ1) is 15.0. The number of nitro groups is 1. The molecule has 0 aliphatic carbocycles. The minimum atomic E-state index is -0.618. The van der Waals surface area contributed by atoms with Crippen LogP contribution in [-0.4, -0.2) is 16.7 Å². The number of para-hydroxylation sites is 1. The van der Waals surface area contributed by atoms with Gasteiger partial charge in [-0.2, -0.15) is 0 Å². The number of nitrogens with one attached hydrogen (secondary N) is 2. The van der Waals surface area contributed by atoms with E-state index < -0.39 is 16.7 Å². The third-order valence-electron chi connectivity index (χ3n) is 4.51. The highest BCUT2D eigenvalue weighted by Gasteiger charge is 2.21. The minimum absolute atomic E-state index is 0.173. The molecule has 0 spiro atoms. The van der Waals surface area contributed by atoms with Gasteiger partial charge >= 0.3 is 0 Å². The standard InChI is InChI=1S/C24H21N3O4/c28-23(25-16-18-9-3-1-4-10-18)21(15-20-13-7-8-14-22(20)27(30)31)24(29)26-17-19-11-5-2-6-12-19/h1-15H,16-17H2,(H,25,28)(H,26,29). The maximum absolute atomic E-state index is 12.8. The molecule has 2 amide bonds. The molecular formula is C24H21N3O4. The van der Waals surface area contributed by atoms with Gasteiger partial charge in [0.25, 0.3) is 17.5 Å². The van der Waals surface area contributed by atoms with Crippen molar-refractivity contribution in [2.24, 2.45) is 0 Å². The Bertz CT molecular complexity index is 1040. The number of amides is 2. The Labute approximate surface area is 179 Å². The summed E-state index contributed by atoms with van der Waals surface area (Å²) < 4.78 is 0. The molecule has 0 fully saturated rings. The predicted molar refractivity (Wildman–Crippen MR) is 118 cm³/mol. The Morgan fingerprint density at radius 2 is 1.19 bits per heavy atom. The number of benzene rings is 3. The monoisotopic (exact) mass is 415 g/mol. The lowest BCUT2D eigenvalue weighted by molar-refractivity contribution is -0.385. The molecule has 3 aromatic rings. The van der Waals surface area contributed by atoms with Gasteiger partial charge in [-0.25, -0.2) is 0 Å². The van der Waals surface area contributed by atoms with Crippen LogP contribution in [0.1, 0.15) is 16.7 Å². The summed E-state index contributed by atoms with van der Waals surface area (Å²) in [5.74, 6) is -1.24. The molecule has 156 valence electrons. The molecule has 3 aromatic carbocycles. The second kappa shape index (κ2) is 10.5. The topological polar surface area (TPSA) is 101 Å². The molecule has 0 saturated carbocycles. The third kappa shape index (κ3) is 6.11. The number of nitro benzene ring substituents is 1. The van der Waals surface area contributed by atoms with Gasteiger partial charge in [0.2, 0.25) is 0 Å². The first-order valence-electron chi connectivity index (χ1n) is 9.64. The smallest absolute Gasteiger partial charge is 0.276 e. The lowest BCUT2D eigenvalue weighted by atomic mass is 10.1. The number of rotatable bonds is 8. The quantitative estimate of drug-likeness (QED) is 0.193. The molecule has 0 unspecified atom stereocenters. The maximum atomic E-state index is 12.8. The zero-order chi connectivity index (χ0) is 22.1. The molecule has 0 atom stereocenters. The van der Waals surface area contributed by atoms with E-state index in [1.165, 1.54) is 24.3 Å². The Morgan fingerprint density at radius 1 is 0.742 bits per heavy atom. The molecule has 0 bridgehead atoms. The molecule has 0 aliphatic rings. The van der Waals surface area contributed by atoms with Crippen LogP contribution in [0.3, 0.4) is 0 Å². The van der Waals surface area contributed by atoms with E-state index in [-0.39, 0.29) is 29.9 Å². The summed E-state index contributed by atoms with van der Waals surface area (Å²) in [7, 11) is 0. The van der Waals surface area contributed by atoms with Crippen LogP contribution in [0.25, 0.3) is 6.08 Å². The number of carbonyl (C=O) groups excluding carboxylic acids is 2. The Morgan fingerprint density at radius 3 is 1.68 bits per heavy atom. The fourth-order valence-electron chi connectivity index (χ4n) is 2.91. The Hall–Kier alpha value is -4.26. The average Bonchev–Trinajstić information content (AvgIpc) is 2.81. The van der Waals surface area contributed by atoms with Gasteiger partial charge in [-0.05, 0) is 23.3 Å². The first kappa shape index (κ1) is 21.4. The van der Waals surface area contributed by atoms with E-state index in [0.29, 0.717) is 0 Å². The summed E-state index contributed by atoms with van der Waals surface area (Å²) in [6.07, 6.45) is 1.25. The molecule has 3 rings (SSSR count). The summed E-state index contributed by atoms with van der Waals surface area (Å²) >= 11 is 0. The van der Waals surface area contributed by atoms with Gasteiger partial charge in [-0.15, -0.1) is 0 Å². The second-order valence-corrected chi connectivity index (χ2v) is 6.71. The zero-order valence-electron chi connectivity index (χ0n) is 16.7. The van der Waals surface area contributed by atoms with Crippen LogP contribution < -0.4 is 10.6 Å². The summed E-state index contributed by atoms with van der Waals surface area (Å²) in [4.78, 5) is 36.5. The molecule has 0 radical (unpaired) electrons. The number of hydrogen-bond donors (Lipinski definition) is 2. The number of carbonyl (C=O) groups is 2. The molecule has 0 heterocycles. The van der Waals surface area contributed by atoms with Crippen LogP contribution in [0, 0.1) is 10.1 Å². The van der Waals surface area contributed by atoms with E-state index in [1.807, 2.05) is 60.7 Å². The summed E-state index contributed by atoms with van der Waals surface area (Å²) in [5.41, 5.74) is 1.51. The van der Waals surface area contributed by atoms with Crippen molar-refractivity contribution in [3.63, 3.8) is 0 Å². The second-order valence-electron chi connectivity index (χ2n) is 6.71. The van der Waals surface area contributed by atoms with Crippen molar-refractivity contribution in [1.82, 2.24) is 10.6 Å². The largest absolute Gasteiger partial charge is 0.348 e. The first-order valence-corrected chi connectivity index (χ1v) is 9.64. The van der Waals surface area contributed by atoms with E-state index in [2.05, 4.69) is 10.6 Å². The van der Waals surface area contributed by atoms with Crippen LogP contribution >= 0.6 is 0 Å². The molecule has 7 nitrogen and oxygen atoms in total. The van der Waals surface area contributed by atoms with Crippen LogP contribution in [0.5, 0.6) is 0 Å². The van der Waals surface area contributed by atoms with Crippen molar-refractivity contribution < 1.29 is 14.5 Å². The van der Waals surface area contributed by atoms with Crippen molar-refractivity contribution in [1.29, 1.82) is 0 Å². The van der Waals surface area contributed by atoms with Crippen LogP contribution in [0.2, 0.25) is 0 Å². The molecule has 0 aromatic heterocycles. The SMILES string of the molecule is O=C(NCc1ccccc1)C(=Cc1ccccc1[N+](=O)[O-])C(=O)NCc1ccccc1. The third-order valence-corrected chi connectivity index (χ3v) is 4.51. The van der Waals surface area contributed by atoms with Gasteiger partial charge in [-0.3, -0.25) is 19.7 Å². The van der Waals surface area contributed by atoms with E-state index in [1.54, 1.807) is 6.07 Å². The lowest BCUT2D eigenvalue weighted by Crippen LogP contribution is -2.34. The highest BCUT2D eigenvalue weighted by Crippen LogP contribution is 2.21. The zero-order valence-corrected chi connectivity index (χ0v) is 16.7. The molecular weight excluding hydrogens is 394 g/mol. The fourth-order valence-corrected chi connectivity index (χ4v) is 2.91. The molecule has 2 N–H and O–H groups in total. The Balaban J connectivity index is 1.84. The van der Waals surface area contributed by atoms with E-state index in [4.69, 9.17) is 0 Å². The summed E-state index contributed by atoms with van der Waals surface area (Å²) in [5, 5.41) is 16.8. The lowest BCUT2D eigenvalue weighted by Gasteiger charge is -2.11. The maximum Gasteiger partial charge on any atom is 0.276 e. The number of nitrogens with zero attached hydrogens (tertiary/aromatic N) is 1. The average molecular weight is 415 g/mol. The van der Waals surface area contributed by atoms with Crippen LogP contribution in [0.4, 0.5) is 5.69 Å². The normalized spacial score (nSPS) is 10.1. The highest BCUT2D eigenvalue weighted by molar-refractivity contribution is 6.21. The fraction of sp³-hybridized carbons (Fsp3) is 0.0833. The van der Waals surface area contributed by atoms with Crippen molar-refractivity contribution in [2.75, 3.05) is 0 Å². The molecule has 0 aliphatic heterocycles. The Kier molecular flexibility index (Phi) is 7.26. The minimum Gasteiger partial charge on any atom is -0.348 e. The van der Waals surface area contributed by atoms with Gasteiger partial charge in [-0.1, -0.05) is 72.8 Å². The molecule has 31 heavy (non-hydrogen) atoms. The predicted octanol–water partition coefficient (Wildman–Crippen LogP) is 3.61. The van der Waals surface area contributed by atoms with Gasteiger partial charge in [0.15, 0.2) is 0 Å². The van der Waals surface area contributed by atoms with E-state index >= 15 is 0 Å². The molecule has 7 heteroatoms. The van der Waals surface area contributed by atoms with Crippen molar-refractivity contribution in [3.8, 4) is 0 Å².